The van der Waals surface area contributed by atoms with Crippen LogP contribution in [0.5, 0.6) is 0 Å². The van der Waals surface area contributed by atoms with E-state index in [9.17, 15) is 0 Å². The van der Waals surface area contributed by atoms with Gasteiger partial charge in [0.05, 0.1) is 44.5 Å². The smallest absolute Gasteiger partial charge is 0.0582 e. The van der Waals surface area contributed by atoms with Gasteiger partial charge in [0.2, 0.25) is 0 Å². The van der Waals surface area contributed by atoms with E-state index in [0.717, 1.165) is 4.47 Å². The van der Waals surface area contributed by atoms with Crippen LogP contribution in [0.3, 0.4) is 0 Å². The number of nitrogens with zero attached hydrogens (tertiary/aromatic N) is 3. The Labute approximate surface area is 352 Å². The van der Waals surface area contributed by atoms with E-state index in [1.54, 1.807) is 0 Å². The van der Waals surface area contributed by atoms with Crippen LogP contribution in [0, 0.1) is 0 Å². The van der Waals surface area contributed by atoms with Gasteiger partial charge in [-0.3, -0.25) is 0 Å². The Balaban J connectivity index is 0.000000188. The first-order valence-corrected chi connectivity index (χ1v) is 21.0. The van der Waals surface area contributed by atoms with Crippen molar-refractivity contribution in [2.24, 2.45) is 0 Å². The minimum Gasteiger partial charge on any atom is -0.309 e. The van der Waals surface area contributed by atoms with Gasteiger partial charge in [0.15, 0.2) is 0 Å². The van der Waals surface area contributed by atoms with E-state index in [2.05, 4.69) is 227 Å². The summed E-state index contributed by atoms with van der Waals surface area (Å²) in [6.45, 7) is 9.37. The summed E-state index contributed by atoms with van der Waals surface area (Å²) in [7, 11) is 0. The van der Waals surface area contributed by atoms with Crippen molar-refractivity contribution in [2.45, 2.75) is 38.5 Å². The second kappa shape index (κ2) is 11.8. The van der Waals surface area contributed by atoms with Crippen LogP contribution in [0.4, 0.5) is 0 Å². The molecule has 13 rings (SSSR count). The molecule has 3 nitrogen and oxygen atoms in total. The quantitative estimate of drug-likeness (QED) is 0.157. The fraction of sp³-hybridized carbons (Fsp3) is 0.111. The van der Waals surface area contributed by atoms with E-state index in [0.29, 0.717) is 0 Å². The third-order valence-electron chi connectivity index (χ3n) is 13.3. The van der Waals surface area contributed by atoms with Crippen molar-refractivity contribution < 1.29 is 7.13 Å². The number of benzene rings is 8. The van der Waals surface area contributed by atoms with E-state index in [-0.39, 0.29) is 18.0 Å². The summed E-state index contributed by atoms with van der Waals surface area (Å²) < 4.78 is 8.46. The molecule has 0 spiro atoms. The zero-order valence-electron chi connectivity index (χ0n) is 32.9. The van der Waals surface area contributed by atoms with Crippen LogP contribution in [0.2, 0.25) is 0 Å². The first kappa shape index (κ1) is 33.7. The second-order valence-corrected chi connectivity index (χ2v) is 18.0. The molecule has 58 heavy (non-hydrogen) atoms. The molecule has 0 saturated heterocycles. The lowest BCUT2D eigenvalue weighted by Gasteiger charge is -2.34. The number of aromatic nitrogens is 3. The maximum absolute atomic E-state index is 3.63. The molecule has 0 bridgehead atoms. The Morgan fingerprint density at radius 2 is 0.776 bits per heavy atom. The monoisotopic (exact) mass is 819 g/mol. The molecule has 2 aliphatic rings. The molecule has 0 N–H and O–H groups in total. The average molecular weight is 821 g/mol. The number of hydrogen-bond acceptors (Lipinski definition) is 0. The Bertz CT molecular complexity index is 3510. The van der Waals surface area contributed by atoms with Gasteiger partial charge in [-0.15, -0.1) is 0 Å². The van der Waals surface area contributed by atoms with Crippen molar-refractivity contribution in [3.05, 3.63) is 197 Å². The highest BCUT2D eigenvalue weighted by molar-refractivity contribution is 9.10. The van der Waals surface area contributed by atoms with Crippen LogP contribution in [0.15, 0.2) is 174 Å². The van der Waals surface area contributed by atoms with E-state index in [1.165, 1.54) is 105 Å². The van der Waals surface area contributed by atoms with Crippen LogP contribution in [0.25, 0.3) is 82.5 Å². The third kappa shape index (κ3) is 4.39. The van der Waals surface area contributed by atoms with Gasteiger partial charge in [-0.05, 0) is 82.9 Å². The molecule has 288 valence electrons. The SMILES string of the molecule is CC1(C)c2ccccc2-n2c3ccc(-n4c5ccccc5c5ccccc54)cc3c3cccc1c32.CC1(C)c2ccccc2-n2c3ccc(Br)cc3c3cccc1c32.[HH].[HH].[HH].[HH].[HH]. The van der Waals surface area contributed by atoms with Gasteiger partial charge in [0.1, 0.15) is 0 Å². The Kier molecular flexibility index (Phi) is 6.89. The zero-order chi connectivity index (χ0) is 39.1. The summed E-state index contributed by atoms with van der Waals surface area (Å²) in [5.41, 5.74) is 17.0. The summed E-state index contributed by atoms with van der Waals surface area (Å²) in [6.07, 6.45) is 0. The lowest BCUT2D eigenvalue weighted by atomic mass is 9.75. The van der Waals surface area contributed by atoms with Gasteiger partial charge in [-0.2, -0.15) is 0 Å². The summed E-state index contributed by atoms with van der Waals surface area (Å²) in [5, 5.41) is 7.85. The summed E-state index contributed by atoms with van der Waals surface area (Å²) in [4.78, 5) is 0. The van der Waals surface area contributed by atoms with E-state index in [1.807, 2.05) is 0 Å². The highest BCUT2D eigenvalue weighted by Gasteiger charge is 2.36. The number of rotatable bonds is 1. The molecular formula is C54H50BrN3. The van der Waals surface area contributed by atoms with E-state index >= 15 is 0 Å². The first-order chi connectivity index (χ1) is 28.2. The van der Waals surface area contributed by atoms with Crippen molar-refractivity contribution in [1.82, 2.24) is 13.7 Å². The average Bonchev–Trinajstić information content (AvgIpc) is 3.88. The number of para-hydroxylation sites is 6. The van der Waals surface area contributed by atoms with Crippen molar-refractivity contribution in [3.8, 4) is 17.1 Å². The largest absolute Gasteiger partial charge is 0.309 e. The Hall–Kier alpha value is -6.36. The maximum Gasteiger partial charge on any atom is 0.0582 e. The van der Waals surface area contributed by atoms with Crippen molar-refractivity contribution in [3.63, 3.8) is 0 Å². The lowest BCUT2D eigenvalue weighted by molar-refractivity contribution is 0.630. The number of hydrogen-bond donors (Lipinski definition) is 0. The third-order valence-corrected chi connectivity index (χ3v) is 13.8. The van der Waals surface area contributed by atoms with Gasteiger partial charge >= 0.3 is 0 Å². The molecule has 4 heteroatoms. The summed E-state index contributed by atoms with van der Waals surface area (Å²) in [5.74, 6) is 0. The standard InChI is InChI=1S/C33H24N2.C21H16BrN.5H2/c1-33(2)26-13-5-8-17-31(26)35-30-19-18-21(20-25(30)24-12-9-14-27(33)32(24)35)34-28-15-6-3-10-22(28)23-11-4-7-16-29(23)34;1-21(2)16-7-3-4-9-19(16)23-18-11-10-13(22)12-15(18)14-6-5-8-17(21)20(14)23;;;;;/h3-20H,1-2H3;3-12H,1-2H3;5*1H. The fourth-order valence-electron chi connectivity index (χ4n) is 10.6. The molecule has 8 aromatic carbocycles. The molecule has 0 aliphatic carbocycles. The molecule has 2 aliphatic heterocycles. The molecule has 0 unspecified atom stereocenters. The minimum atomic E-state index is -0.0455. The molecule has 3 aromatic heterocycles. The molecule has 0 atom stereocenters. The molecule has 0 amide bonds. The highest BCUT2D eigenvalue weighted by Crippen LogP contribution is 2.49. The van der Waals surface area contributed by atoms with Crippen molar-refractivity contribution >= 4 is 81.3 Å². The molecular weight excluding hydrogens is 771 g/mol. The van der Waals surface area contributed by atoms with Gasteiger partial charge < -0.3 is 13.7 Å². The number of halogens is 1. The van der Waals surface area contributed by atoms with Crippen LogP contribution < -0.4 is 0 Å². The lowest BCUT2D eigenvalue weighted by Crippen LogP contribution is -2.26. The topological polar surface area (TPSA) is 14.8 Å². The van der Waals surface area contributed by atoms with Crippen molar-refractivity contribution in [1.29, 1.82) is 0 Å². The molecule has 0 saturated carbocycles. The van der Waals surface area contributed by atoms with Crippen LogP contribution in [-0.2, 0) is 10.8 Å². The molecule has 11 aromatic rings. The van der Waals surface area contributed by atoms with E-state index in [4.69, 9.17) is 0 Å². The van der Waals surface area contributed by atoms with Crippen LogP contribution in [-0.4, -0.2) is 13.7 Å². The van der Waals surface area contributed by atoms with E-state index < -0.39 is 0 Å². The van der Waals surface area contributed by atoms with Crippen LogP contribution in [0.1, 0.15) is 57.1 Å². The van der Waals surface area contributed by atoms with Gasteiger partial charge in [0.25, 0.3) is 0 Å². The van der Waals surface area contributed by atoms with Gasteiger partial charge in [-0.1, -0.05) is 153 Å². The van der Waals surface area contributed by atoms with Crippen molar-refractivity contribution in [2.75, 3.05) is 0 Å². The number of fused-ring (bicyclic) bond motifs is 13. The maximum atomic E-state index is 3.63. The predicted octanol–water partition coefficient (Wildman–Crippen LogP) is 15.9. The summed E-state index contributed by atoms with van der Waals surface area (Å²) >= 11 is 3.63. The highest BCUT2D eigenvalue weighted by atomic mass is 79.9. The first-order valence-electron chi connectivity index (χ1n) is 20.2. The second-order valence-electron chi connectivity index (χ2n) is 17.1. The van der Waals surface area contributed by atoms with Gasteiger partial charge in [0, 0.05) is 60.4 Å². The fourth-order valence-corrected chi connectivity index (χ4v) is 11.0. The molecule has 0 fully saturated rings. The molecule has 5 heterocycles. The molecule has 0 radical (unpaired) electrons. The normalized spacial score (nSPS) is 14.6. The zero-order valence-corrected chi connectivity index (χ0v) is 34.5. The Morgan fingerprint density at radius 1 is 0.362 bits per heavy atom. The summed E-state index contributed by atoms with van der Waals surface area (Å²) in [6, 6.07) is 62.2. The van der Waals surface area contributed by atoms with Gasteiger partial charge in [-0.25, -0.2) is 0 Å². The minimum absolute atomic E-state index is 0. The Morgan fingerprint density at radius 3 is 1.33 bits per heavy atom. The van der Waals surface area contributed by atoms with Crippen LogP contribution >= 0.6 is 15.9 Å². The predicted molar refractivity (Wildman–Crippen MR) is 258 cm³/mol.